The highest BCUT2D eigenvalue weighted by atomic mass is 35.5. The van der Waals surface area contributed by atoms with Crippen molar-refractivity contribution < 1.29 is 18.9 Å². The fraction of sp³-hybridized carbons (Fsp3) is 0.222. The van der Waals surface area contributed by atoms with Gasteiger partial charge < -0.3 is 9.15 Å². The van der Waals surface area contributed by atoms with E-state index in [2.05, 4.69) is 0 Å². The number of ether oxygens (including phenoxy) is 1. The van der Waals surface area contributed by atoms with Crippen LogP contribution in [0.1, 0.15) is 43.4 Å². The van der Waals surface area contributed by atoms with Crippen LogP contribution in [0.3, 0.4) is 0 Å². The molecule has 12 heteroatoms. The Morgan fingerprint density at radius 2 is 2.10 bits per heavy atom. The summed E-state index contributed by atoms with van der Waals surface area (Å²) in [6.45, 7) is 3.96. The summed E-state index contributed by atoms with van der Waals surface area (Å²) < 4.78 is 13.2. The van der Waals surface area contributed by atoms with Gasteiger partial charge in [0.15, 0.2) is 4.80 Å². The maximum absolute atomic E-state index is 13.7. The van der Waals surface area contributed by atoms with Crippen molar-refractivity contribution in [3.63, 3.8) is 0 Å². The zero-order chi connectivity index (χ0) is 27.7. The number of allylic oxidation sites excluding steroid dienone is 1. The van der Waals surface area contributed by atoms with Crippen molar-refractivity contribution in [3.05, 3.63) is 105 Å². The van der Waals surface area contributed by atoms with Crippen LogP contribution in [0.25, 0.3) is 17.4 Å². The monoisotopic (exact) mass is 583 g/mol. The second-order valence-corrected chi connectivity index (χ2v) is 10.9. The van der Waals surface area contributed by atoms with Gasteiger partial charge in [-0.1, -0.05) is 42.3 Å². The van der Waals surface area contributed by atoms with Crippen LogP contribution in [0.15, 0.2) is 73.3 Å². The Morgan fingerprint density at radius 3 is 2.77 bits per heavy atom. The van der Waals surface area contributed by atoms with Gasteiger partial charge in [-0.15, -0.1) is 11.3 Å². The number of hydrogen-bond donors (Lipinski definition) is 0. The van der Waals surface area contributed by atoms with Gasteiger partial charge in [-0.05, 0) is 43.0 Å². The number of fused-ring (bicyclic) bond motifs is 1. The maximum atomic E-state index is 13.7. The van der Waals surface area contributed by atoms with E-state index >= 15 is 0 Å². The van der Waals surface area contributed by atoms with E-state index in [-0.39, 0.29) is 22.9 Å². The highest BCUT2D eigenvalue weighted by Crippen LogP contribution is 2.35. The van der Waals surface area contributed by atoms with Crippen LogP contribution >= 0.6 is 34.3 Å². The number of benzene rings is 1. The SMILES string of the molecule is CCCC1=C(C(=O)OCC)[C@H](c2cccs2)n2c(s/c(=C\c3ccc(-c4ccc([N+](=O)[O-])cc4Cl)o3)c2=O)=N1. The number of nitro groups is 1. The highest BCUT2D eigenvalue weighted by Gasteiger charge is 2.34. The number of esters is 1. The van der Waals surface area contributed by atoms with Crippen LogP contribution in [0, 0.1) is 10.1 Å². The van der Waals surface area contributed by atoms with E-state index in [1.165, 1.54) is 40.9 Å². The van der Waals surface area contributed by atoms with Crippen LogP contribution in [0.2, 0.25) is 5.02 Å². The first kappa shape index (κ1) is 26.8. The topological polar surface area (TPSA) is 117 Å². The molecular weight excluding hydrogens is 562 g/mol. The van der Waals surface area contributed by atoms with E-state index in [1.807, 2.05) is 24.4 Å². The number of nitrogens with zero attached hydrogens (tertiary/aromatic N) is 3. The van der Waals surface area contributed by atoms with Crippen molar-refractivity contribution in [2.45, 2.75) is 32.7 Å². The lowest BCUT2D eigenvalue weighted by molar-refractivity contribution is -0.384. The molecule has 0 amide bonds. The van der Waals surface area contributed by atoms with Crippen LogP contribution < -0.4 is 14.9 Å². The third kappa shape index (κ3) is 5.12. The molecule has 0 fully saturated rings. The van der Waals surface area contributed by atoms with Gasteiger partial charge in [0.1, 0.15) is 17.6 Å². The summed E-state index contributed by atoms with van der Waals surface area (Å²) in [5.41, 5.74) is 1.06. The lowest BCUT2D eigenvalue weighted by atomic mass is 9.99. The van der Waals surface area contributed by atoms with Crippen molar-refractivity contribution >= 4 is 52.0 Å². The first-order chi connectivity index (χ1) is 18.8. The van der Waals surface area contributed by atoms with Gasteiger partial charge in [0, 0.05) is 28.6 Å². The van der Waals surface area contributed by atoms with E-state index in [0.29, 0.717) is 44.1 Å². The summed E-state index contributed by atoms with van der Waals surface area (Å²) in [5, 5.41) is 13.1. The Morgan fingerprint density at radius 1 is 1.28 bits per heavy atom. The van der Waals surface area contributed by atoms with Crippen LogP contribution in [-0.2, 0) is 9.53 Å². The van der Waals surface area contributed by atoms with Gasteiger partial charge in [-0.2, -0.15) is 0 Å². The molecule has 200 valence electrons. The van der Waals surface area contributed by atoms with Crippen LogP contribution in [0.5, 0.6) is 0 Å². The Bertz CT molecular complexity index is 1780. The molecule has 0 unspecified atom stereocenters. The Labute approximate surface area is 235 Å². The average Bonchev–Trinajstić information content (AvgIpc) is 3.66. The summed E-state index contributed by atoms with van der Waals surface area (Å²) in [4.78, 5) is 43.4. The van der Waals surface area contributed by atoms with Crippen LogP contribution in [0.4, 0.5) is 5.69 Å². The third-order valence-corrected chi connectivity index (χ3v) is 8.25. The number of furan rings is 1. The van der Waals surface area contributed by atoms with Crippen LogP contribution in [-0.4, -0.2) is 22.1 Å². The molecule has 1 aliphatic rings. The van der Waals surface area contributed by atoms with Gasteiger partial charge in [-0.3, -0.25) is 19.5 Å². The minimum Gasteiger partial charge on any atom is -0.463 e. The lowest BCUT2D eigenvalue weighted by Crippen LogP contribution is -2.39. The first-order valence-electron chi connectivity index (χ1n) is 12.1. The minimum absolute atomic E-state index is 0.124. The summed E-state index contributed by atoms with van der Waals surface area (Å²) in [7, 11) is 0. The number of carbonyl (C=O) groups is 1. The van der Waals surface area contributed by atoms with E-state index in [9.17, 15) is 19.7 Å². The molecule has 0 spiro atoms. The lowest BCUT2D eigenvalue weighted by Gasteiger charge is -2.24. The number of carbonyl (C=O) groups excluding carboxylic acids is 1. The molecule has 0 saturated carbocycles. The van der Waals surface area contributed by atoms with E-state index in [1.54, 1.807) is 29.7 Å². The van der Waals surface area contributed by atoms with Gasteiger partial charge >= 0.3 is 5.97 Å². The van der Waals surface area contributed by atoms with Crippen molar-refractivity contribution in [2.75, 3.05) is 6.61 Å². The summed E-state index contributed by atoms with van der Waals surface area (Å²) in [6.07, 6.45) is 2.96. The van der Waals surface area contributed by atoms with Crippen molar-refractivity contribution in [3.8, 4) is 11.3 Å². The average molecular weight is 584 g/mol. The van der Waals surface area contributed by atoms with E-state index < -0.39 is 16.9 Å². The number of hydrogen-bond acceptors (Lipinski definition) is 9. The van der Waals surface area contributed by atoms with Gasteiger partial charge in [0.25, 0.3) is 11.2 Å². The zero-order valence-electron chi connectivity index (χ0n) is 20.9. The number of nitro benzene ring substituents is 1. The second-order valence-electron chi connectivity index (χ2n) is 8.55. The quantitative estimate of drug-likeness (QED) is 0.154. The van der Waals surface area contributed by atoms with E-state index in [0.717, 1.165) is 11.3 Å². The third-order valence-electron chi connectivity index (χ3n) is 6.03. The molecule has 3 aromatic heterocycles. The number of rotatable bonds is 8. The number of aromatic nitrogens is 1. The molecule has 0 aliphatic carbocycles. The predicted molar refractivity (Wildman–Crippen MR) is 150 cm³/mol. The molecular formula is C27H22ClN3O6S2. The van der Waals surface area contributed by atoms with Gasteiger partial charge in [0.2, 0.25) is 0 Å². The predicted octanol–water partition coefficient (Wildman–Crippen LogP) is 5.46. The Kier molecular flexibility index (Phi) is 7.65. The molecule has 0 saturated heterocycles. The Balaban J connectivity index is 1.61. The molecule has 0 bridgehead atoms. The standard InChI is InChI=1S/C27H22ClN3O6S2/c1-3-6-19-23(26(33)36-4-2)24(21-7-5-12-38-21)30-25(32)22(39-27(30)29-19)14-16-9-11-20(37-16)17-10-8-15(31(34)35)13-18(17)28/h5,7-14,24H,3-4,6H2,1-2H3/b22-14-/t24-/m0/s1. The molecule has 1 aliphatic heterocycles. The summed E-state index contributed by atoms with van der Waals surface area (Å²) in [5.74, 6) is 0.323. The van der Waals surface area contributed by atoms with E-state index in [4.69, 9.17) is 25.7 Å². The fourth-order valence-corrected chi connectivity index (χ4v) is 6.45. The fourth-order valence-electron chi connectivity index (χ4n) is 4.36. The largest absolute Gasteiger partial charge is 0.463 e. The number of non-ortho nitro benzene ring substituents is 1. The number of thiophene rings is 1. The molecule has 9 nitrogen and oxygen atoms in total. The van der Waals surface area contributed by atoms with Crippen molar-refractivity contribution in [1.29, 1.82) is 0 Å². The summed E-state index contributed by atoms with van der Waals surface area (Å²) in [6, 6.07) is 10.6. The van der Waals surface area contributed by atoms with Crippen molar-refractivity contribution in [1.82, 2.24) is 4.57 Å². The molecule has 0 radical (unpaired) electrons. The highest BCUT2D eigenvalue weighted by molar-refractivity contribution is 7.10. The summed E-state index contributed by atoms with van der Waals surface area (Å²) >= 11 is 8.93. The van der Waals surface area contributed by atoms with Gasteiger partial charge in [0.05, 0.1) is 32.4 Å². The smallest absolute Gasteiger partial charge is 0.338 e. The molecule has 0 N–H and O–H groups in total. The number of halogens is 1. The second kappa shape index (κ2) is 11.1. The Hall–Kier alpha value is -3.80. The van der Waals surface area contributed by atoms with Gasteiger partial charge in [-0.25, -0.2) is 9.79 Å². The molecule has 4 aromatic rings. The molecule has 39 heavy (non-hydrogen) atoms. The molecule has 5 rings (SSSR count). The zero-order valence-corrected chi connectivity index (χ0v) is 23.3. The first-order valence-corrected chi connectivity index (χ1v) is 14.2. The normalized spacial score (nSPS) is 15.3. The molecule has 4 heterocycles. The molecule has 1 aromatic carbocycles. The minimum atomic E-state index is -0.643. The number of thiazole rings is 1. The maximum Gasteiger partial charge on any atom is 0.338 e. The molecule has 1 atom stereocenters. The van der Waals surface area contributed by atoms with Crippen molar-refractivity contribution in [2.24, 2.45) is 4.99 Å².